The third kappa shape index (κ3) is 11.9. The van der Waals surface area contributed by atoms with Gasteiger partial charge in [-0.2, -0.15) is 0 Å². The molecule has 0 spiro atoms. The van der Waals surface area contributed by atoms with E-state index in [2.05, 4.69) is 182 Å². The van der Waals surface area contributed by atoms with Gasteiger partial charge in [-0.15, -0.1) is 95.1 Å². The molecule has 0 radical (unpaired) electrons. The van der Waals surface area contributed by atoms with Gasteiger partial charge in [-0.25, -0.2) is 0 Å². The summed E-state index contributed by atoms with van der Waals surface area (Å²) in [5.74, 6) is 0. The van der Waals surface area contributed by atoms with Crippen LogP contribution in [0.1, 0.15) is 27.8 Å². The van der Waals surface area contributed by atoms with E-state index in [1.807, 2.05) is 92.1 Å². The van der Waals surface area contributed by atoms with Crippen LogP contribution in [0.15, 0.2) is 213 Å². The Morgan fingerprint density at radius 3 is 1.58 bits per heavy atom. The minimum atomic E-state index is 0. The van der Waals surface area contributed by atoms with Gasteiger partial charge in [-0.3, -0.25) is 0 Å². The number of hydrogen-bond donors (Lipinski definition) is 0. The first-order chi connectivity index (χ1) is 31.8. The second kappa shape index (κ2) is 22.5. The van der Waals surface area contributed by atoms with Gasteiger partial charge in [-0.1, -0.05) is 163 Å². The van der Waals surface area contributed by atoms with E-state index < -0.39 is 0 Å². The van der Waals surface area contributed by atoms with Crippen molar-refractivity contribution in [3.8, 4) is 78.3 Å². The molecule has 3 nitrogen and oxygen atoms in total. The van der Waals surface area contributed by atoms with E-state index in [9.17, 15) is 0 Å². The van der Waals surface area contributed by atoms with Crippen molar-refractivity contribution in [2.24, 2.45) is 0 Å². The van der Waals surface area contributed by atoms with Crippen LogP contribution >= 0.6 is 0 Å². The van der Waals surface area contributed by atoms with Crippen LogP contribution in [0, 0.1) is 52.8 Å². The summed E-state index contributed by atoms with van der Waals surface area (Å²) in [6.07, 6.45) is 5.65. The van der Waals surface area contributed by atoms with E-state index in [0.717, 1.165) is 39.3 Å². The quantitative estimate of drug-likeness (QED) is 0.149. The van der Waals surface area contributed by atoms with Crippen LogP contribution in [0.3, 0.4) is 0 Å². The van der Waals surface area contributed by atoms with Gasteiger partial charge < -0.3 is 15.0 Å². The van der Waals surface area contributed by atoms with Gasteiger partial charge in [0, 0.05) is 18.6 Å². The minimum absolute atomic E-state index is 0. The van der Waals surface area contributed by atoms with Crippen molar-refractivity contribution in [2.75, 3.05) is 0 Å². The maximum atomic E-state index is 4.55. The maximum absolute atomic E-state index is 4.55. The monoisotopic (exact) mass is 1030 g/mol. The Bertz CT molecular complexity index is 3000. The van der Waals surface area contributed by atoms with Crippen molar-refractivity contribution in [1.29, 1.82) is 0 Å². The Hall–Kier alpha value is -7.36. The molecule has 0 amide bonds. The number of nitrogens with zero attached hydrogens (tertiary/aromatic N) is 3. The predicted molar refractivity (Wildman–Crippen MR) is 271 cm³/mol. The SMILES string of the molecule is Cc1ccc(-c2[c-]cc(C)c(-c3ccccc3)c2)nc1.Cc1ccc(-c2cc(-c3[c-]cccc3)ncc2C)c(C)c1.[Ir+3].[c-]1cc(-c2ccc(-c3ccccc3)cc2)ccc1-c1ccccn1. The Balaban J connectivity index is 0.000000147. The number of hydrogen-bond acceptors (Lipinski definition) is 3. The van der Waals surface area contributed by atoms with Gasteiger partial charge in [0.15, 0.2) is 0 Å². The number of aryl methyl sites for hydroxylation is 5. The van der Waals surface area contributed by atoms with Gasteiger partial charge in [0.1, 0.15) is 0 Å². The molecule has 10 rings (SSSR count). The summed E-state index contributed by atoms with van der Waals surface area (Å²) in [6.45, 7) is 10.6. The molecule has 7 aromatic carbocycles. The average Bonchev–Trinajstić information content (AvgIpc) is 3.36. The molecule has 0 atom stereocenters. The summed E-state index contributed by atoms with van der Waals surface area (Å²) in [4.78, 5) is 13.4. The zero-order chi connectivity index (χ0) is 45.0. The molecule has 0 aliphatic rings. The maximum Gasteiger partial charge on any atom is 3.00 e. The van der Waals surface area contributed by atoms with Gasteiger partial charge in [0.25, 0.3) is 0 Å². The summed E-state index contributed by atoms with van der Waals surface area (Å²) < 4.78 is 0. The van der Waals surface area contributed by atoms with E-state index in [4.69, 9.17) is 0 Å². The largest absolute Gasteiger partial charge is 3.00 e. The zero-order valence-corrected chi connectivity index (χ0v) is 40.3. The summed E-state index contributed by atoms with van der Waals surface area (Å²) >= 11 is 0. The van der Waals surface area contributed by atoms with Crippen molar-refractivity contribution in [3.63, 3.8) is 0 Å². The average molecular weight is 1030 g/mol. The Labute approximate surface area is 404 Å². The third-order valence-electron chi connectivity index (χ3n) is 11.3. The van der Waals surface area contributed by atoms with E-state index in [1.54, 1.807) is 6.20 Å². The molecule has 66 heavy (non-hydrogen) atoms. The molecule has 0 N–H and O–H groups in total. The summed E-state index contributed by atoms with van der Waals surface area (Å²) in [7, 11) is 0. The fourth-order valence-corrected chi connectivity index (χ4v) is 7.67. The molecule has 0 saturated heterocycles. The zero-order valence-electron chi connectivity index (χ0n) is 37.9. The molecule has 10 aromatic rings. The van der Waals surface area contributed by atoms with Crippen LogP contribution in [0.25, 0.3) is 78.3 Å². The van der Waals surface area contributed by atoms with Crippen LogP contribution < -0.4 is 0 Å². The van der Waals surface area contributed by atoms with Gasteiger partial charge in [-0.05, 0) is 95.4 Å². The van der Waals surface area contributed by atoms with Gasteiger partial charge in [0.05, 0.1) is 0 Å². The molecule has 322 valence electrons. The molecule has 0 unspecified atom stereocenters. The molecule has 0 aliphatic carbocycles. The standard InChI is InChI=1S/C23H16N.C20H18N.C19H16N.Ir/c1-2-6-18(7-3-1)19-9-11-20(12-10-19)21-13-15-22(16-14-21)23-8-4-5-17-24-23;1-14-9-10-18(15(2)11-14)19-12-20(21-13-16(19)3)17-7-5-4-6-8-17;1-14-8-11-19(20-13-14)17-10-9-15(2)18(12-17)16-6-4-3-5-7-16;/h1-15,17H;4-7,9-13H,1-3H3;3-9,11-13H,1-2H3;/q3*-1;+3. The van der Waals surface area contributed by atoms with Crippen molar-refractivity contribution in [1.82, 2.24) is 15.0 Å². The summed E-state index contributed by atoms with van der Waals surface area (Å²) in [5.41, 5.74) is 22.0. The first kappa shape index (κ1) is 46.6. The van der Waals surface area contributed by atoms with Crippen molar-refractivity contribution in [2.45, 2.75) is 34.6 Å². The molecule has 3 aromatic heterocycles. The van der Waals surface area contributed by atoms with E-state index in [0.29, 0.717) is 0 Å². The molecule has 3 heterocycles. The van der Waals surface area contributed by atoms with Crippen LogP contribution in [-0.4, -0.2) is 15.0 Å². The van der Waals surface area contributed by atoms with E-state index >= 15 is 0 Å². The van der Waals surface area contributed by atoms with Gasteiger partial charge in [0.2, 0.25) is 0 Å². The third-order valence-corrected chi connectivity index (χ3v) is 11.3. The number of aromatic nitrogens is 3. The van der Waals surface area contributed by atoms with Crippen LogP contribution in [0.2, 0.25) is 0 Å². The fourth-order valence-electron chi connectivity index (χ4n) is 7.67. The summed E-state index contributed by atoms with van der Waals surface area (Å²) in [5, 5.41) is 0. The van der Waals surface area contributed by atoms with Gasteiger partial charge >= 0.3 is 20.1 Å². The first-order valence-electron chi connectivity index (χ1n) is 21.9. The molecule has 0 aliphatic heterocycles. The minimum Gasteiger partial charge on any atom is -0.305 e. The number of rotatable bonds is 7. The van der Waals surface area contributed by atoms with E-state index in [-0.39, 0.29) is 20.1 Å². The number of pyridine rings is 3. The van der Waals surface area contributed by atoms with E-state index in [1.165, 1.54) is 66.8 Å². The van der Waals surface area contributed by atoms with Crippen LogP contribution in [0.4, 0.5) is 0 Å². The van der Waals surface area contributed by atoms with Crippen molar-refractivity contribution >= 4 is 0 Å². The van der Waals surface area contributed by atoms with Crippen molar-refractivity contribution in [3.05, 3.63) is 259 Å². The second-order valence-corrected chi connectivity index (χ2v) is 16.2. The topological polar surface area (TPSA) is 38.7 Å². The second-order valence-electron chi connectivity index (χ2n) is 16.2. The molecule has 0 fully saturated rings. The molecular formula is C62H50IrN3. The van der Waals surface area contributed by atoms with Crippen LogP contribution in [-0.2, 0) is 20.1 Å². The molecular weight excluding hydrogens is 979 g/mol. The summed E-state index contributed by atoms with van der Waals surface area (Å²) in [6, 6.07) is 76.6. The van der Waals surface area contributed by atoms with Crippen molar-refractivity contribution < 1.29 is 20.1 Å². The molecule has 0 saturated carbocycles. The Kier molecular flexibility index (Phi) is 15.9. The number of benzene rings is 7. The van der Waals surface area contributed by atoms with Crippen LogP contribution in [0.5, 0.6) is 0 Å². The first-order valence-corrected chi connectivity index (χ1v) is 21.9. The normalized spacial score (nSPS) is 10.4. The molecule has 0 bridgehead atoms. The predicted octanol–water partition coefficient (Wildman–Crippen LogP) is 15.9. The Morgan fingerprint density at radius 1 is 0.333 bits per heavy atom. The fraction of sp³-hybridized carbons (Fsp3) is 0.0806. The molecule has 4 heteroatoms. The smallest absolute Gasteiger partial charge is 0.305 e. The Morgan fingerprint density at radius 2 is 0.939 bits per heavy atom.